The predicted octanol–water partition coefficient (Wildman–Crippen LogP) is 2.79. The van der Waals surface area contributed by atoms with Gasteiger partial charge >= 0.3 is 0 Å². The molecule has 2 unspecified atom stereocenters. The lowest BCUT2D eigenvalue weighted by atomic mass is 9.97. The lowest BCUT2D eigenvalue weighted by Crippen LogP contribution is -2.51. The fourth-order valence-electron chi connectivity index (χ4n) is 3.11. The fraction of sp³-hybridized carbons (Fsp3) is 0.647. The molecule has 1 aromatic rings. The highest BCUT2D eigenvalue weighted by Crippen LogP contribution is 2.21. The van der Waals surface area contributed by atoms with Crippen LogP contribution in [0, 0.1) is 0 Å². The normalized spacial score (nSPS) is 22.9. The Kier molecular flexibility index (Phi) is 5.44. The van der Waals surface area contributed by atoms with Crippen molar-refractivity contribution in [3.63, 3.8) is 0 Å². The predicted molar refractivity (Wildman–Crippen MR) is 87.0 cm³/mol. The third-order valence-corrected chi connectivity index (χ3v) is 4.64. The van der Waals surface area contributed by atoms with Crippen LogP contribution in [0.2, 0.25) is 0 Å². The zero-order valence-electron chi connectivity index (χ0n) is 13.2. The molecule has 1 aliphatic rings. The first-order valence-electron chi connectivity index (χ1n) is 7.92. The molecule has 1 saturated heterocycles. The van der Waals surface area contributed by atoms with Gasteiger partial charge in [0.15, 0.2) is 0 Å². The first-order valence-corrected chi connectivity index (χ1v) is 7.92. The van der Waals surface area contributed by atoms with Crippen LogP contribution >= 0.6 is 0 Å². The monoisotopic (exact) mass is 275 g/mol. The molecule has 2 atom stereocenters. The van der Waals surface area contributed by atoms with E-state index >= 15 is 0 Å². The number of likely N-dealkylation sites (N-methyl/N-ethyl adjacent to an activating group) is 1. The molecule has 1 aliphatic heterocycles. The van der Waals surface area contributed by atoms with Gasteiger partial charge < -0.3 is 10.6 Å². The minimum atomic E-state index is 0.607. The zero-order valence-corrected chi connectivity index (χ0v) is 13.2. The molecule has 2 N–H and O–H groups in total. The number of benzene rings is 1. The summed E-state index contributed by atoms with van der Waals surface area (Å²) in [5, 5.41) is 0. The average Bonchev–Trinajstić information content (AvgIpc) is 2.45. The van der Waals surface area contributed by atoms with Crippen LogP contribution in [-0.2, 0) is 0 Å². The second-order valence-electron chi connectivity index (χ2n) is 6.13. The number of anilines is 1. The molecule has 0 saturated carbocycles. The summed E-state index contributed by atoms with van der Waals surface area (Å²) in [7, 11) is 0. The van der Waals surface area contributed by atoms with E-state index in [0.29, 0.717) is 12.0 Å². The highest BCUT2D eigenvalue weighted by molar-refractivity contribution is 5.40. The summed E-state index contributed by atoms with van der Waals surface area (Å²) in [4.78, 5) is 5.19. The summed E-state index contributed by atoms with van der Waals surface area (Å²) in [6.07, 6.45) is 1.22. The molecular formula is C17H29N3. The van der Waals surface area contributed by atoms with Gasteiger partial charge in [0.2, 0.25) is 0 Å². The van der Waals surface area contributed by atoms with Crippen molar-refractivity contribution in [3.8, 4) is 0 Å². The van der Waals surface area contributed by atoms with Gasteiger partial charge in [-0.1, -0.05) is 26.0 Å². The number of nitrogens with zero attached hydrogens (tertiary/aromatic N) is 2. The maximum atomic E-state index is 5.75. The van der Waals surface area contributed by atoms with E-state index in [1.165, 1.54) is 44.7 Å². The van der Waals surface area contributed by atoms with E-state index in [1.54, 1.807) is 0 Å². The van der Waals surface area contributed by atoms with Gasteiger partial charge in [0.05, 0.1) is 0 Å². The van der Waals surface area contributed by atoms with Gasteiger partial charge in [0, 0.05) is 31.4 Å². The Bertz CT molecular complexity index is 401. The molecule has 1 heterocycles. The molecule has 20 heavy (non-hydrogen) atoms. The van der Waals surface area contributed by atoms with Crippen LogP contribution < -0.4 is 5.73 Å². The third-order valence-electron chi connectivity index (χ3n) is 4.64. The summed E-state index contributed by atoms with van der Waals surface area (Å²) >= 11 is 0. The average molecular weight is 275 g/mol. The van der Waals surface area contributed by atoms with E-state index in [9.17, 15) is 0 Å². The largest absolute Gasteiger partial charge is 0.399 e. The Labute approximate surface area is 123 Å². The first-order chi connectivity index (χ1) is 9.60. The number of hydrogen-bond acceptors (Lipinski definition) is 3. The smallest absolute Gasteiger partial charge is 0.0314 e. The van der Waals surface area contributed by atoms with Crippen molar-refractivity contribution in [1.82, 2.24) is 9.80 Å². The van der Waals surface area contributed by atoms with E-state index in [0.717, 1.165) is 5.69 Å². The summed E-state index contributed by atoms with van der Waals surface area (Å²) in [5.41, 5.74) is 8.00. The van der Waals surface area contributed by atoms with Gasteiger partial charge in [-0.3, -0.25) is 4.90 Å². The van der Waals surface area contributed by atoms with Crippen LogP contribution in [0.3, 0.4) is 0 Å². The molecule has 112 valence electrons. The van der Waals surface area contributed by atoms with Crippen molar-refractivity contribution in [2.75, 3.05) is 38.5 Å². The van der Waals surface area contributed by atoms with Gasteiger partial charge in [-0.25, -0.2) is 0 Å². The maximum Gasteiger partial charge on any atom is 0.0314 e. The van der Waals surface area contributed by atoms with Crippen molar-refractivity contribution in [2.45, 2.75) is 39.2 Å². The fourth-order valence-corrected chi connectivity index (χ4v) is 3.11. The Balaban J connectivity index is 1.79. The summed E-state index contributed by atoms with van der Waals surface area (Å²) in [6, 6.07) is 9.04. The van der Waals surface area contributed by atoms with Gasteiger partial charge in [0.1, 0.15) is 0 Å². The van der Waals surface area contributed by atoms with Crippen LogP contribution in [-0.4, -0.2) is 48.6 Å². The molecule has 0 radical (unpaired) electrons. The maximum absolute atomic E-state index is 5.75. The minimum Gasteiger partial charge on any atom is -0.399 e. The summed E-state index contributed by atoms with van der Waals surface area (Å²) in [6.45, 7) is 12.9. The van der Waals surface area contributed by atoms with Crippen molar-refractivity contribution in [3.05, 3.63) is 29.8 Å². The number of piperazine rings is 1. The molecular weight excluding hydrogens is 246 g/mol. The Hall–Kier alpha value is -1.06. The second kappa shape index (κ2) is 7.09. The third kappa shape index (κ3) is 3.97. The van der Waals surface area contributed by atoms with Crippen LogP contribution in [0.1, 0.15) is 38.7 Å². The van der Waals surface area contributed by atoms with E-state index < -0.39 is 0 Å². The minimum absolute atomic E-state index is 0.607. The van der Waals surface area contributed by atoms with E-state index in [2.05, 4.69) is 42.7 Å². The quantitative estimate of drug-likeness (QED) is 0.839. The lowest BCUT2D eigenvalue weighted by molar-refractivity contribution is 0.0863. The highest BCUT2D eigenvalue weighted by atomic mass is 15.3. The molecule has 1 aromatic carbocycles. The van der Waals surface area contributed by atoms with Crippen molar-refractivity contribution >= 4 is 5.69 Å². The van der Waals surface area contributed by atoms with Gasteiger partial charge in [-0.05, 0) is 50.0 Å². The first kappa shape index (κ1) is 15.3. The van der Waals surface area contributed by atoms with Crippen molar-refractivity contribution in [1.29, 1.82) is 0 Å². The Morgan fingerprint density at radius 1 is 1.25 bits per heavy atom. The van der Waals surface area contributed by atoms with Crippen LogP contribution in [0.4, 0.5) is 5.69 Å². The topological polar surface area (TPSA) is 32.5 Å². The lowest BCUT2D eigenvalue weighted by Gasteiger charge is -2.39. The SMILES string of the molecule is CCN1CCN(CCC(C)c2ccc(N)cc2)CC1C. The van der Waals surface area contributed by atoms with Gasteiger partial charge in [-0.15, -0.1) is 0 Å². The number of nitrogen functional groups attached to an aromatic ring is 1. The Morgan fingerprint density at radius 3 is 2.55 bits per heavy atom. The number of rotatable bonds is 5. The zero-order chi connectivity index (χ0) is 14.5. The summed E-state index contributed by atoms with van der Waals surface area (Å²) < 4.78 is 0. The highest BCUT2D eigenvalue weighted by Gasteiger charge is 2.22. The molecule has 3 nitrogen and oxygen atoms in total. The number of hydrogen-bond donors (Lipinski definition) is 1. The molecule has 0 amide bonds. The molecule has 0 aromatic heterocycles. The van der Waals surface area contributed by atoms with Gasteiger partial charge in [-0.2, -0.15) is 0 Å². The second-order valence-corrected chi connectivity index (χ2v) is 6.13. The molecule has 1 fully saturated rings. The van der Waals surface area contributed by atoms with E-state index in [1.807, 2.05) is 12.1 Å². The van der Waals surface area contributed by atoms with Crippen LogP contribution in [0.5, 0.6) is 0 Å². The van der Waals surface area contributed by atoms with Gasteiger partial charge in [0.25, 0.3) is 0 Å². The van der Waals surface area contributed by atoms with E-state index in [-0.39, 0.29) is 0 Å². The molecule has 0 spiro atoms. The van der Waals surface area contributed by atoms with Crippen LogP contribution in [0.25, 0.3) is 0 Å². The summed E-state index contributed by atoms with van der Waals surface area (Å²) in [5.74, 6) is 0.607. The van der Waals surface area contributed by atoms with Crippen LogP contribution in [0.15, 0.2) is 24.3 Å². The number of nitrogens with two attached hydrogens (primary N) is 1. The molecule has 0 bridgehead atoms. The Morgan fingerprint density at radius 2 is 1.95 bits per heavy atom. The molecule has 2 rings (SSSR count). The van der Waals surface area contributed by atoms with Crippen molar-refractivity contribution < 1.29 is 0 Å². The molecule has 3 heteroatoms. The van der Waals surface area contributed by atoms with Crippen molar-refractivity contribution in [2.24, 2.45) is 0 Å². The standard InChI is InChI=1S/C17H29N3/c1-4-20-12-11-19(13-15(20)3)10-9-14(2)16-5-7-17(18)8-6-16/h5-8,14-15H,4,9-13,18H2,1-3H3. The van der Waals surface area contributed by atoms with E-state index in [4.69, 9.17) is 5.73 Å². The molecule has 0 aliphatic carbocycles.